The third-order valence-corrected chi connectivity index (χ3v) is 2.25. The topological polar surface area (TPSA) is 54.0 Å². The van der Waals surface area contributed by atoms with Gasteiger partial charge in [-0.25, -0.2) is 14.2 Å². The van der Waals surface area contributed by atoms with Gasteiger partial charge in [-0.05, 0) is 31.2 Å². The molecule has 92 valence electrons. The van der Waals surface area contributed by atoms with Gasteiger partial charge in [-0.1, -0.05) is 18.2 Å². The lowest BCUT2D eigenvalue weighted by Crippen LogP contribution is -2.20. The first kappa shape index (κ1) is 12.0. The van der Waals surface area contributed by atoms with Crippen LogP contribution in [0.1, 0.15) is 5.69 Å². The van der Waals surface area contributed by atoms with Crippen LogP contribution in [-0.2, 0) is 0 Å². The Labute approximate surface area is 104 Å². The molecule has 0 aliphatic heterocycles. The molecule has 18 heavy (non-hydrogen) atoms. The van der Waals surface area contributed by atoms with E-state index in [-0.39, 0.29) is 5.69 Å². The Kier molecular flexibility index (Phi) is 3.52. The van der Waals surface area contributed by atoms with E-state index >= 15 is 0 Å². The van der Waals surface area contributed by atoms with Crippen LogP contribution in [0.2, 0.25) is 0 Å². The molecule has 5 heteroatoms. The van der Waals surface area contributed by atoms with Crippen molar-refractivity contribution < 1.29 is 9.18 Å². The Bertz CT molecular complexity index is 572. The second-order valence-corrected chi connectivity index (χ2v) is 3.72. The summed E-state index contributed by atoms with van der Waals surface area (Å²) in [5.74, 6) is -0.0614. The molecule has 0 aliphatic carbocycles. The van der Waals surface area contributed by atoms with Crippen LogP contribution in [0.5, 0.6) is 0 Å². The summed E-state index contributed by atoms with van der Waals surface area (Å²) >= 11 is 0. The number of hydrogen-bond acceptors (Lipinski definition) is 2. The van der Waals surface area contributed by atoms with Crippen LogP contribution < -0.4 is 10.6 Å². The van der Waals surface area contributed by atoms with Gasteiger partial charge in [0, 0.05) is 5.69 Å². The summed E-state index contributed by atoms with van der Waals surface area (Å²) in [5, 5.41) is 4.94. The molecule has 1 aromatic heterocycles. The number of urea groups is 1. The molecule has 2 rings (SSSR count). The molecule has 2 amide bonds. The molecule has 0 radical (unpaired) electrons. The zero-order valence-electron chi connectivity index (χ0n) is 9.77. The first-order chi connectivity index (χ1) is 8.65. The second kappa shape index (κ2) is 5.27. The Morgan fingerprint density at radius 1 is 1.11 bits per heavy atom. The maximum atomic E-state index is 13.3. The van der Waals surface area contributed by atoms with E-state index in [4.69, 9.17) is 0 Å². The lowest BCUT2D eigenvalue weighted by atomic mass is 10.3. The molecule has 0 aliphatic rings. The van der Waals surface area contributed by atoms with E-state index in [1.165, 1.54) is 12.1 Å². The molecule has 0 fully saturated rings. The zero-order chi connectivity index (χ0) is 13.0. The fraction of sp³-hybridized carbons (Fsp3) is 0.0769. The first-order valence-electron chi connectivity index (χ1n) is 5.41. The summed E-state index contributed by atoms with van der Waals surface area (Å²) in [6.45, 7) is 1.82. The number of pyridine rings is 1. The number of anilines is 2. The minimum atomic E-state index is -0.529. The maximum absolute atomic E-state index is 13.3. The number of nitrogens with zero attached hydrogens (tertiary/aromatic N) is 1. The summed E-state index contributed by atoms with van der Waals surface area (Å²) in [4.78, 5) is 15.7. The average Bonchev–Trinajstić information content (AvgIpc) is 2.32. The highest BCUT2D eigenvalue weighted by Gasteiger charge is 2.06. The number of aromatic nitrogens is 1. The zero-order valence-corrected chi connectivity index (χ0v) is 9.77. The van der Waals surface area contributed by atoms with Crippen molar-refractivity contribution in [2.45, 2.75) is 6.92 Å². The van der Waals surface area contributed by atoms with Crippen molar-refractivity contribution in [1.29, 1.82) is 0 Å². The van der Waals surface area contributed by atoms with Gasteiger partial charge in [0.15, 0.2) is 0 Å². The molecule has 2 N–H and O–H groups in total. The largest absolute Gasteiger partial charge is 0.324 e. The number of nitrogens with one attached hydrogen (secondary N) is 2. The highest BCUT2D eigenvalue weighted by Crippen LogP contribution is 2.13. The third kappa shape index (κ3) is 3.04. The Hall–Kier alpha value is -2.43. The van der Waals surface area contributed by atoms with Crippen LogP contribution in [0.15, 0.2) is 42.5 Å². The average molecular weight is 245 g/mol. The first-order valence-corrected chi connectivity index (χ1v) is 5.41. The highest BCUT2D eigenvalue weighted by molar-refractivity contribution is 5.99. The Balaban J connectivity index is 2.03. The Morgan fingerprint density at radius 2 is 1.89 bits per heavy atom. The minimum Gasteiger partial charge on any atom is -0.305 e. The van der Waals surface area contributed by atoms with E-state index in [1.807, 2.05) is 13.0 Å². The molecule has 2 aromatic rings. The smallest absolute Gasteiger partial charge is 0.305 e. The third-order valence-electron chi connectivity index (χ3n) is 2.25. The Morgan fingerprint density at radius 3 is 2.61 bits per heavy atom. The highest BCUT2D eigenvalue weighted by atomic mass is 19.1. The van der Waals surface area contributed by atoms with Crippen molar-refractivity contribution in [2.75, 3.05) is 10.6 Å². The number of carbonyl (C=O) groups is 1. The summed E-state index contributed by atoms with van der Waals surface area (Å²) in [7, 11) is 0. The van der Waals surface area contributed by atoms with Gasteiger partial charge < -0.3 is 5.32 Å². The lowest BCUT2D eigenvalue weighted by Gasteiger charge is -2.07. The van der Waals surface area contributed by atoms with Crippen molar-refractivity contribution >= 4 is 17.5 Å². The minimum absolute atomic E-state index is 0.127. The van der Waals surface area contributed by atoms with Crippen LogP contribution in [0.25, 0.3) is 0 Å². The van der Waals surface area contributed by atoms with Gasteiger partial charge in [-0.15, -0.1) is 0 Å². The summed E-state index contributed by atoms with van der Waals surface area (Å²) < 4.78 is 13.3. The number of hydrogen-bond donors (Lipinski definition) is 2. The van der Waals surface area contributed by atoms with Gasteiger partial charge in [0.2, 0.25) is 0 Å². The van der Waals surface area contributed by atoms with E-state index in [0.717, 1.165) is 5.69 Å². The van der Waals surface area contributed by atoms with Crippen molar-refractivity contribution in [1.82, 2.24) is 4.98 Å². The van der Waals surface area contributed by atoms with Gasteiger partial charge in [0.05, 0.1) is 5.69 Å². The molecule has 0 atom stereocenters. The maximum Gasteiger partial charge on any atom is 0.324 e. The predicted molar refractivity (Wildman–Crippen MR) is 68.0 cm³/mol. The van der Waals surface area contributed by atoms with Crippen molar-refractivity contribution in [3.8, 4) is 0 Å². The van der Waals surface area contributed by atoms with E-state index < -0.39 is 11.8 Å². The molecule has 0 saturated heterocycles. The van der Waals surface area contributed by atoms with Crippen LogP contribution >= 0.6 is 0 Å². The van der Waals surface area contributed by atoms with Gasteiger partial charge >= 0.3 is 6.03 Å². The number of aryl methyl sites for hydroxylation is 1. The molecule has 4 nitrogen and oxygen atoms in total. The number of para-hydroxylation sites is 1. The van der Waals surface area contributed by atoms with E-state index in [9.17, 15) is 9.18 Å². The molecule has 1 heterocycles. The molecule has 0 spiro atoms. The van der Waals surface area contributed by atoms with Crippen LogP contribution in [0.3, 0.4) is 0 Å². The fourth-order valence-electron chi connectivity index (χ4n) is 1.45. The quantitative estimate of drug-likeness (QED) is 0.853. The van der Waals surface area contributed by atoms with Crippen molar-refractivity contribution in [2.24, 2.45) is 0 Å². The van der Waals surface area contributed by atoms with Gasteiger partial charge in [-0.2, -0.15) is 0 Å². The summed E-state index contributed by atoms with van der Waals surface area (Å²) in [5.41, 5.74) is 0.918. The molecule has 0 bridgehead atoms. The number of benzene rings is 1. The molecular formula is C13H12FN3O. The summed E-state index contributed by atoms with van der Waals surface area (Å²) in [6.07, 6.45) is 0. The van der Waals surface area contributed by atoms with Crippen LogP contribution in [0, 0.1) is 12.7 Å². The number of halogens is 1. The standard InChI is InChI=1S/C13H12FN3O/c1-9-5-4-8-12(15-9)17-13(18)16-11-7-3-2-6-10(11)14/h2-8H,1H3,(H2,15,16,17,18). The van der Waals surface area contributed by atoms with E-state index in [2.05, 4.69) is 15.6 Å². The second-order valence-electron chi connectivity index (χ2n) is 3.72. The van der Waals surface area contributed by atoms with Crippen LogP contribution in [0.4, 0.5) is 20.7 Å². The van der Waals surface area contributed by atoms with Crippen molar-refractivity contribution in [3.63, 3.8) is 0 Å². The number of rotatable bonds is 2. The number of carbonyl (C=O) groups excluding carboxylic acids is 1. The normalized spacial score (nSPS) is 9.89. The van der Waals surface area contributed by atoms with Crippen molar-refractivity contribution in [3.05, 3.63) is 54.0 Å². The molecule has 1 aromatic carbocycles. The molecule has 0 saturated carbocycles. The lowest BCUT2D eigenvalue weighted by molar-refractivity contribution is 0.262. The molecule has 0 unspecified atom stereocenters. The van der Waals surface area contributed by atoms with E-state index in [1.54, 1.807) is 24.3 Å². The SMILES string of the molecule is Cc1cccc(NC(=O)Nc2ccccc2F)n1. The van der Waals surface area contributed by atoms with Gasteiger partial charge in [0.1, 0.15) is 11.6 Å². The van der Waals surface area contributed by atoms with E-state index in [0.29, 0.717) is 5.82 Å². The monoisotopic (exact) mass is 245 g/mol. The summed E-state index contributed by atoms with van der Waals surface area (Å²) in [6, 6.07) is 10.7. The van der Waals surface area contributed by atoms with Gasteiger partial charge in [-0.3, -0.25) is 5.32 Å². The fourth-order valence-corrected chi connectivity index (χ4v) is 1.45. The number of amides is 2. The predicted octanol–water partition coefficient (Wildman–Crippen LogP) is 3.17. The van der Waals surface area contributed by atoms with Crippen LogP contribution in [-0.4, -0.2) is 11.0 Å². The molecular weight excluding hydrogens is 233 g/mol. The van der Waals surface area contributed by atoms with Gasteiger partial charge in [0.25, 0.3) is 0 Å².